The van der Waals surface area contributed by atoms with Crippen LogP contribution in [0.1, 0.15) is 5.89 Å². The monoisotopic (exact) mass is 346 g/mol. The van der Waals surface area contributed by atoms with Crippen molar-refractivity contribution in [3.05, 3.63) is 65.0 Å². The fourth-order valence-electron chi connectivity index (χ4n) is 1.69. The number of hydrogen-bond acceptors (Lipinski definition) is 4. The maximum Gasteiger partial charge on any atom is 0.237 e. The minimum atomic E-state index is 0.626. The number of benzene rings is 2. The van der Waals surface area contributed by atoms with Crippen LogP contribution in [0.3, 0.4) is 0 Å². The Labute approximate surface area is 129 Å². The van der Waals surface area contributed by atoms with Gasteiger partial charge in [-0.2, -0.15) is 4.98 Å². The second-order valence-electron chi connectivity index (χ2n) is 4.12. The molecule has 0 aliphatic heterocycles. The number of hydrogen-bond donors (Lipinski definition) is 0. The highest BCUT2D eigenvalue weighted by Gasteiger charge is 2.08. The Morgan fingerprint density at radius 2 is 1.75 bits per heavy atom. The van der Waals surface area contributed by atoms with Crippen LogP contribution in [-0.4, -0.2) is 10.1 Å². The van der Waals surface area contributed by atoms with Crippen molar-refractivity contribution in [2.45, 2.75) is 10.6 Å². The van der Waals surface area contributed by atoms with Crippen LogP contribution in [0.25, 0.3) is 11.4 Å². The van der Waals surface area contributed by atoms with E-state index >= 15 is 0 Å². The maximum atomic E-state index is 5.28. The van der Waals surface area contributed by atoms with E-state index in [2.05, 4.69) is 38.2 Å². The average molecular weight is 347 g/mol. The SMILES string of the molecule is Brc1ccc(-c2noc(CSc3ccccc3)n2)cc1. The molecule has 5 heteroatoms. The maximum absolute atomic E-state index is 5.28. The van der Waals surface area contributed by atoms with Crippen LogP contribution in [0.15, 0.2) is 68.5 Å². The minimum Gasteiger partial charge on any atom is -0.338 e. The summed E-state index contributed by atoms with van der Waals surface area (Å²) in [7, 11) is 0. The van der Waals surface area contributed by atoms with Crippen LogP contribution in [0.2, 0.25) is 0 Å². The van der Waals surface area contributed by atoms with Gasteiger partial charge in [-0.1, -0.05) is 39.3 Å². The summed E-state index contributed by atoms with van der Waals surface area (Å²) in [5.74, 6) is 1.94. The molecule has 100 valence electrons. The van der Waals surface area contributed by atoms with Gasteiger partial charge in [-0.25, -0.2) is 0 Å². The Kier molecular flexibility index (Phi) is 4.18. The fraction of sp³-hybridized carbons (Fsp3) is 0.0667. The Hall–Kier alpha value is -1.59. The molecule has 0 fully saturated rings. The first-order valence-electron chi connectivity index (χ1n) is 6.07. The highest BCUT2D eigenvalue weighted by atomic mass is 79.9. The van der Waals surface area contributed by atoms with Crippen molar-refractivity contribution in [3.63, 3.8) is 0 Å². The predicted molar refractivity (Wildman–Crippen MR) is 83.4 cm³/mol. The van der Waals surface area contributed by atoms with Gasteiger partial charge in [0.15, 0.2) is 0 Å². The summed E-state index contributed by atoms with van der Waals surface area (Å²) in [4.78, 5) is 5.60. The van der Waals surface area contributed by atoms with E-state index in [1.165, 1.54) is 4.90 Å². The van der Waals surface area contributed by atoms with E-state index in [-0.39, 0.29) is 0 Å². The summed E-state index contributed by atoms with van der Waals surface area (Å²) in [5, 5.41) is 4.01. The zero-order valence-electron chi connectivity index (χ0n) is 10.5. The van der Waals surface area contributed by atoms with Gasteiger partial charge in [-0.15, -0.1) is 11.8 Å². The van der Waals surface area contributed by atoms with Crippen molar-refractivity contribution in [1.29, 1.82) is 0 Å². The van der Waals surface area contributed by atoms with Gasteiger partial charge in [0.2, 0.25) is 11.7 Å². The molecule has 0 saturated heterocycles. The quantitative estimate of drug-likeness (QED) is 0.636. The van der Waals surface area contributed by atoms with Gasteiger partial charge in [-0.3, -0.25) is 0 Å². The molecule has 3 aromatic rings. The molecule has 0 aliphatic rings. The summed E-state index contributed by atoms with van der Waals surface area (Å²) in [6, 6.07) is 18.0. The van der Waals surface area contributed by atoms with Crippen LogP contribution in [0.5, 0.6) is 0 Å². The molecule has 0 aliphatic carbocycles. The first kappa shape index (κ1) is 13.4. The van der Waals surface area contributed by atoms with Crippen LogP contribution < -0.4 is 0 Å². The first-order valence-corrected chi connectivity index (χ1v) is 7.85. The third-order valence-electron chi connectivity index (χ3n) is 2.68. The van der Waals surface area contributed by atoms with Crippen molar-refractivity contribution in [1.82, 2.24) is 10.1 Å². The van der Waals surface area contributed by atoms with E-state index in [9.17, 15) is 0 Å². The summed E-state index contributed by atoms with van der Waals surface area (Å²) >= 11 is 5.09. The molecule has 1 heterocycles. The smallest absolute Gasteiger partial charge is 0.237 e. The zero-order valence-corrected chi connectivity index (χ0v) is 12.9. The van der Waals surface area contributed by atoms with E-state index in [1.54, 1.807) is 11.8 Å². The third-order valence-corrected chi connectivity index (χ3v) is 4.20. The molecule has 0 radical (unpaired) electrons. The Morgan fingerprint density at radius 3 is 2.50 bits per heavy atom. The van der Waals surface area contributed by atoms with Crippen molar-refractivity contribution in [2.75, 3.05) is 0 Å². The molecule has 0 atom stereocenters. The molecule has 0 spiro atoms. The van der Waals surface area contributed by atoms with Gasteiger partial charge in [0.25, 0.3) is 0 Å². The summed E-state index contributed by atoms with van der Waals surface area (Å²) < 4.78 is 6.31. The standard InChI is InChI=1S/C15H11BrN2OS/c16-12-8-6-11(7-9-12)15-17-14(19-18-15)10-20-13-4-2-1-3-5-13/h1-9H,10H2. The number of nitrogens with zero attached hydrogens (tertiary/aromatic N) is 2. The molecule has 1 aromatic heterocycles. The Morgan fingerprint density at radius 1 is 1.00 bits per heavy atom. The predicted octanol–water partition coefficient (Wildman–Crippen LogP) is 4.79. The Balaban J connectivity index is 1.69. The molecule has 2 aromatic carbocycles. The third kappa shape index (κ3) is 3.29. The van der Waals surface area contributed by atoms with Gasteiger partial charge in [-0.05, 0) is 36.4 Å². The van der Waals surface area contributed by atoms with E-state index in [0.717, 1.165) is 10.0 Å². The van der Waals surface area contributed by atoms with Gasteiger partial charge < -0.3 is 4.52 Å². The lowest BCUT2D eigenvalue weighted by molar-refractivity contribution is 0.391. The molecule has 3 rings (SSSR count). The second kappa shape index (κ2) is 6.24. The molecule has 3 nitrogen and oxygen atoms in total. The van der Waals surface area contributed by atoms with Gasteiger partial charge >= 0.3 is 0 Å². The molecular formula is C15H11BrN2OS. The van der Waals surface area contributed by atoms with Crippen molar-refractivity contribution >= 4 is 27.7 Å². The fourth-order valence-corrected chi connectivity index (χ4v) is 2.71. The van der Waals surface area contributed by atoms with E-state index in [1.807, 2.05) is 42.5 Å². The average Bonchev–Trinajstić information content (AvgIpc) is 2.96. The summed E-state index contributed by atoms with van der Waals surface area (Å²) in [6.45, 7) is 0. The van der Waals surface area contributed by atoms with Crippen LogP contribution in [0, 0.1) is 0 Å². The Bertz CT molecular complexity index is 683. The topological polar surface area (TPSA) is 38.9 Å². The van der Waals surface area contributed by atoms with E-state index in [4.69, 9.17) is 4.52 Å². The lowest BCUT2D eigenvalue weighted by Gasteiger charge is -1.96. The number of halogens is 1. The van der Waals surface area contributed by atoms with Crippen molar-refractivity contribution in [3.8, 4) is 11.4 Å². The number of aromatic nitrogens is 2. The largest absolute Gasteiger partial charge is 0.338 e. The number of thioether (sulfide) groups is 1. The lowest BCUT2D eigenvalue weighted by atomic mass is 10.2. The van der Waals surface area contributed by atoms with Gasteiger partial charge in [0, 0.05) is 14.9 Å². The van der Waals surface area contributed by atoms with Crippen LogP contribution in [0.4, 0.5) is 0 Å². The van der Waals surface area contributed by atoms with E-state index < -0.39 is 0 Å². The first-order chi connectivity index (χ1) is 9.81. The van der Waals surface area contributed by atoms with Crippen molar-refractivity contribution in [2.24, 2.45) is 0 Å². The summed E-state index contributed by atoms with van der Waals surface area (Å²) in [6.07, 6.45) is 0. The van der Waals surface area contributed by atoms with Gasteiger partial charge in [0.1, 0.15) is 0 Å². The van der Waals surface area contributed by atoms with Crippen LogP contribution in [-0.2, 0) is 5.75 Å². The molecule has 0 unspecified atom stereocenters. The number of rotatable bonds is 4. The zero-order chi connectivity index (χ0) is 13.8. The molecule has 20 heavy (non-hydrogen) atoms. The molecule has 0 saturated carbocycles. The highest BCUT2D eigenvalue weighted by Crippen LogP contribution is 2.23. The summed E-state index contributed by atoms with van der Waals surface area (Å²) in [5.41, 5.74) is 0.952. The van der Waals surface area contributed by atoms with Crippen LogP contribution >= 0.6 is 27.7 Å². The minimum absolute atomic E-state index is 0.626. The second-order valence-corrected chi connectivity index (χ2v) is 6.08. The van der Waals surface area contributed by atoms with Gasteiger partial charge in [0.05, 0.1) is 5.75 Å². The normalized spacial score (nSPS) is 10.7. The molecule has 0 N–H and O–H groups in total. The lowest BCUT2D eigenvalue weighted by Crippen LogP contribution is -1.82. The molecule has 0 bridgehead atoms. The highest BCUT2D eigenvalue weighted by molar-refractivity contribution is 9.10. The molecule has 0 amide bonds. The molecular weight excluding hydrogens is 336 g/mol. The van der Waals surface area contributed by atoms with E-state index in [0.29, 0.717) is 17.5 Å². The van der Waals surface area contributed by atoms with Crippen molar-refractivity contribution < 1.29 is 4.52 Å².